The summed E-state index contributed by atoms with van der Waals surface area (Å²) in [5.74, 6) is 1.01. The van der Waals surface area contributed by atoms with Crippen LogP contribution in [0.15, 0.2) is 58.1 Å². The molecule has 0 spiro atoms. The van der Waals surface area contributed by atoms with E-state index in [2.05, 4.69) is 39.5 Å². The van der Waals surface area contributed by atoms with E-state index in [-0.39, 0.29) is 11.4 Å². The summed E-state index contributed by atoms with van der Waals surface area (Å²) in [5, 5.41) is 9.82. The van der Waals surface area contributed by atoms with Crippen LogP contribution in [0.3, 0.4) is 0 Å². The van der Waals surface area contributed by atoms with Gasteiger partial charge in [0.2, 0.25) is 0 Å². The standard InChI is InChI=1S/C20H21BrClN3OS/c1-20(11-12-27-2)13-25(19(26)23-17-9-5-15(21)6-10-17)24-18(20)14-3-7-16(22)8-4-14/h3-10H,11-13H2,1-2H3,(H,23,26). The molecule has 3 rings (SSSR count). The molecule has 1 heterocycles. The molecule has 0 aromatic heterocycles. The molecule has 2 amide bonds. The monoisotopic (exact) mass is 465 g/mol. The molecule has 0 fully saturated rings. The van der Waals surface area contributed by atoms with Crippen molar-refractivity contribution in [2.75, 3.05) is 23.9 Å². The van der Waals surface area contributed by atoms with Gasteiger partial charge in [-0.2, -0.15) is 16.9 Å². The van der Waals surface area contributed by atoms with Crippen LogP contribution >= 0.6 is 39.3 Å². The van der Waals surface area contributed by atoms with E-state index in [1.807, 2.05) is 48.5 Å². The van der Waals surface area contributed by atoms with Gasteiger partial charge in [-0.25, -0.2) is 9.80 Å². The Hall–Kier alpha value is -1.50. The summed E-state index contributed by atoms with van der Waals surface area (Å²) in [4.78, 5) is 12.8. The molecule has 0 saturated carbocycles. The molecule has 0 bridgehead atoms. The second-order valence-corrected chi connectivity index (χ2v) is 9.09. The highest BCUT2D eigenvalue weighted by Crippen LogP contribution is 2.36. The number of benzene rings is 2. The van der Waals surface area contributed by atoms with Gasteiger partial charge in [0.25, 0.3) is 0 Å². The van der Waals surface area contributed by atoms with Crippen LogP contribution < -0.4 is 5.32 Å². The maximum atomic E-state index is 12.8. The number of rotatable bonds is 5. The zero-order valence-corrected chi connectivity index (χ0v) is 18.4. The largest absolute Gasteiger partial charge is 0.342 e. The van der Waals surface area contributed by atoms with Crippen molar-refractivity contribution < 1.29 is 4.79 Å². The van der Waals surface area contributed by atoms with Gasteiger partial charge in [0.15, 0.2) is 0 Å². The molecule has 0 radical (unpaired) electrons. The molecule has 142 valence electrons. The fourth-order valence-corrected chi connectivity index (χ4v) is 4.10. The molecule has 7 heteroatoms. The minimum atomic E-state index is -0.225. The number of nitrogens with one attached hydrogen (secondary N) is 1. The number of carbonyl (C=O) groups excluding carboxylic acids is 1. The lowest BCUT2D eigenvalue weighted by Gasteiger charge is -2.26. The van der Waals surface area contributed by atoms with Crippen molar-refractivity contribution in [1.82, 2.24) is 5.01 Å². The minimum absolute atomic E-state index is 0.201. The van der Waals surface area contributed by atoms with Crippen LogP contribution in [0, 0.1) is 5.41 Å². The normalized spacial score (nSPS) is 19.1. The highest BCUT2D eigenvalue weighted by molar-refractivity contribution is 9.10. The fraction of sp³-hybridized carbons (Fsp3) is 0.300. The smallest absolute Gasteiger partial charge is 0.306 e. The lowest BCUT2D eigenvalue weighted by atomic mass is 9.80. The summed E-state index contributed by atoms with van der Waals surface area (Å²) in [5.41, 5.74) is 2.47. The predicted molar refractivity (Wildman–Crippen MR) is 119 cm³/mol. The van der Waals surface area contributed by atoms with Crippen molar-refractivity contribution in [3.05, 3.63) is 63.6 Å². The molecule has 1 N–H and O–H groups in total. The van der Waals surface area contributed by atoms with Crippen LogP contribution in [0.2, 0.25) is 5.02 Å². The number of nitrogens with zero attached hydrogens (tertiary/aromatic N) is 2. The van der Waals surface area contributed by atoms with Gasteiger partial charge in [0.1, 0.15) is 0 Å². The van der Waals surface area contributed by atoms with Gasteiger partial charge in [0.05, 0.1) is 12.3 Å². The van der Waals surface area contributed by atoms with E-state index in [1.165, 1.54) is 5.01 Å². The number of thioether (sulfide) groups is 1. The summed E-state index contributed by atoms with van der Waals surface area (Å²) in [6, 6.07) is 14.9. The molecule has 0 saturated heterocycles. The quantitative estimate of drug-likeness (QED) is 0.577. The Bertz CT molecular complexity index is 841. The van der Waals surface area contributed by atoms with Crippen molar-refractivity contribution >= 4 is 56.7 Å². The molecule has 1 aliphatic rings. The molecule has 27 heavy (non-hydrogen) atoms. The number of anilines is 1. The van der Waals surface area contributed by atoms with E-state index in [1.54, 1.807) is 11.8 Å². The first-order valence-corrected chi connectivity index (χ1v) is 11.2. The van der Waals surface area contributed by atoms with Gasteiger partial charge >= 0.3 is 6.03 Å². The highest BCUT2D eigenvalue weighted by atomic mass is 79.9. The van der Waals surface area contributed by atoms with Gasteiger partial charge in [-0.05, 0) is 60.4 Å². The lowest BCUT2D eigenvalue weighted by molar-refractivity contribution is 0.207. The van der Waals surface area contributed by atoms with Crippen molar-refractivity contribution in [3.8, 4) is 0 Å². The summed E-state index contributed by atoms with van der Waals surface area (Å²) in [6.07, 6.45) is 3.03. The van der Waals surface area contributed by atoms with Gasteiger partial charge in [0, 0.05) is 20.6 Å². The van der Waals surface area contributed by atoms with Gasteiger partial charge in [-0.15, -0.1) is 0 Å². The number of halogens is 2. The Morgan fingerprint density at radius 1 is 1.26 bits per heavy atom. The minimum Gasteiger partial charge on any atom is -0.306 e. The third-order valence-corrected chi connectivity index (χ3v) is 5.99. The summed E-state index contributed by atoms with van der Waals surface area (Å²) >= 11 is 11.2. The number of hydrazone groups is 1. The number of urea groups is 1. The van der Waals surface area contributed by atoms with Crippen LogP contribution in [0.1, 0.15) is 18.9 Å². The van der Waals surface area contributed by atoms with Crippen LogP contribution in [-0.2, 0) is 0 Å². The third-order valence-electron chi connectivity index (χ3n) is 4.60. The van der Waals surface area contributed by atoms with E-state index in [0.29, 0.717) is 11.6 Å². The molecular weight excluding hydrogens is 446 g/mol. The van der Waals surface area contributed by atoms with Gasteiger partial charge in [-0.1, -0.05) is 46.6 Å². The molecule has 2 aromatic carbocycles. The second kappa shape index (κ2) is 8.67. The zero-order valence-electron chi connectivity index (χ0n) is 15.2. The molecule has 2 aromatic rings. The number of carbonyl (C=O) groups is 1. The van der Waals surface area contributed by atoms with Crippen molar-refractivity contribution in [3.63, 3.8) is 0 Å². The predicted octanol–water partition coefficient (Wildman–Crippen LogP) is 6.11. The Morgan fingerprint density at radius 2 is 1.93 bits per heavy atom. The van der Waals surface area contributed by atoms with Crippen LogP contribution in [-0.4, -0.2) is 35.3 Å². The van der Waals surface area contributed by atoms with E-state index in [4.69, 9.17) is 11.6 Å². The molecule has 1 unspecified atom stereocenters. The summed E-state index contributed by atoms with van der Waals surface area (Å²) in [6.45, 7) is 2.72. The van der Waals surface area contributed by atoms with E-state index in [9.17, 15) is 4.79 Å². The number of hydrogen-bond acceptors (Lipinski definition) is 3. The Balaban J connectivity index is 1.84. The first-order chi connectivity index (χ1) is 12.9. The fourth-order valence-electron chi connectivity index (χ4n) is 3.06. The van der Waals surface area contributed by atoms with Crippen molar-refractivity contribution in [1.29, 1.82) is 0 Å². The number of amides is 2. The molecule has 4 nitrogen and oxygen atoms in total. The maximum absolute atomic E-state index is 12.8. The van der Waals surface area contributed by atoms with Crippen molar-refractivity contribution in [2.45, 2.75) is 13.3 Å². The highest BCUT2D eigenvalue weighted by Gasteiger charge is 2.40. The second-order valence-electron chi connectivity index (χ2n) is 6.75. The summed E-state index contributed by atoms with van der Waals surface area (Å²) < 4.78 is 0.967. The van der Waals surface area contributed by atoms with Gasteiger partial charge in [-0.3, -0.25) is 0 Å². The first kappa shape index (κ1) is 20.2. The third kappa shape index (κ3) is 4.86. The topological polar surface area (TPSA) is 44.7 Å². The van der Waals surface area contributed by atoms with E-state index >= 15 is 0 Å². The number of hydrogen-bond donors (Lipinski definition) is 1. The average molecular weight is 467 g/mol. The van der Waals surface area contributed by atoms with E-state index in [0.717, 1.165) is 33.6 Å². The average Bonchev–Trinajstić information content (AvgIpc) is 3.01. The maximum Gasteiger partial charge on any atom is 0.342 e. The Labute approximate surface area is 177 Å². The van der Waals surface area contributed by atoms with E-state index < -0.39 is 0 Å². The molecule has 0 aliphatic carbocycles. The Kier molecular flexibility index (Phi) is 6.50. The summed E-state index contributed by atoms with van der Waals surface area (Å²) in [7, 11) is 0. The first-order valence-electron chi connectivity index (χ1n) is 8.59. The SMILES string of the molecule is CSCCC1(C)CN(C(=O)Nc2ccc(Br)cc2)N=C1c1ccc(Cl)cc1. The molecular formula is C20H21BrClN3OS. The molecule has 1 atom stereocenters. The van der Waals surface area contributed by atoms with Crippen molar-refractivity contribution in [2.24, 2.45) is 10.5 Å². The van der Waals surface area contributed by atoms with Crippen LogP contribution in [0.25, 0.3) is 0 Å². The van der Waals surface area contributed by atoms with Crippen LogP contribution in [0.4, 0.5) is 10.5 Å². The Morgan fingerprint density at radius 3 is 2.56 bits per heavy atom. The van der Waals surface area contributed by atoms with Crippen LogP contribution in [0.5, 0.6) is 0 Å². The zero-order chi connectivity index (χ0) is 19.4. The lowest BCUT2D eigenvalue weighted by Crippen LogP contribution is -2.36. The molecule has 1 aliphatic heterocycles. The van der Waals surface area contributed by atoms with Gasteiger partial charge < -0.3 is 5.32 Å².